The van der Waals surface area contributed by atoms with Crippen molar-refractivity contribution in [3.63, 3.8) is 0 Å². The Balaban J connectivity index is 1.32. The van der Waals surface area contributed by atoms with Gasteiger partial charge in [-0.25, -0.2) is 14.3 Å². The van der Waals surface area contributed by atoms with Gasteiger partial charge in [0.15, 0.2) is 5.82 Å². The van der Waals surface area contributed by atoms with Crippen molar-refractivity contribution in [1.82, 2.24) is 39.1 Å². The highest BCUT2D eigenvalue weighted by Crippen LogP contribution is 2.29. The number of anilines is 1. The second-order valence-electron chi connectivity index (χ2n) is 8.22. The third-order valence-corrected chi connectivity index (χ3v) is 5.81. The second-order valence-corrected chi connectivity index (χ2v) is 8.22. The van der Waals surface area contributed by atoms with E-state index in [0.717, 1.165) is 48.6 Å². The van der Waals surface area contributed by atoms with Gasteiger partial charge in [0.1, 0.15) is 12.1 Å². The van der Waals surface area contributed by atoms with Crippen LogP contribution in [0.5, 0.6) is 0 Å². The van der Waals surface area contributed by atoms with Gasteiger partial charge in [0, 0.05) is 29.6 Å². The monoisotopic (exact) mass is 419 g/mol. The Morgan fingerprint density at radius 3 is 2.55 bits per heavy atom. The Kier molecular flexibility index (Phi) is 4.76. The summed E-state index contributed by atoms with van der Waals surface area (Å²) < 4.78 is 5.14. The van der Waals surface area contributed by atoms with Crippen LogP contribution in [0.1, 0.15) is 48.8 Å². The smallest absolute Gasteiger partial charge is 0.267 e. The molecular weight excluding hydrogens is 394 g/mol. The van der Waals surface area contributed by atoms with Crippen LogP contribution in [0.25, 0.3) is 11.6 Å². The van der Waals surface area contributed by atoms with Gasteiger partial charge in [0.25, 0.3) is 11.3 Å². The molecule has 1 aliphatic carbocycles. The highest BCUT2D eigenvalue weighted by molar-refractivity contribution is 5.45. The summed E-state index contributed by atoms with van der Waals surface area (Å²) in [7, 11) is 0. The Bertz CT molecular complexity index is 1290. The van der Waals surface area contributed by atoms with E-state index in [0.29, 0.717) is 17.6 Å². The summed E-state index contributed by atoms with van der Waals surface area (Å²) >= 11 is 0. The fourth-order valence-electron chi connectivity index (χ4n) is 4.36. The van der Waals surface area contributed by atoms with E-state index < -0.39 is 0 Å². The molecule has 1 fully saturated rings. The molecule has 1 saturated carbocycles. The first kappa shape index (κ1) is 19.4. The van der Waals surface area contributed by atoms with Crippen molar-refractivity contribution in [2.45, 2.75) is 58.5 Å². The normalized spacial score (nSPS) is 19.1. The summed E-state index contributed by atoms with van der Waals surface area (Å²) in [5.74, 6) is 2.16. The van der Waals surface area contributed by atoms with E-state index in [1.54, 1.807) is 26.0 Å². The number of rotatable bonds is 4. The quantitative estimate of drug-likeness (QED) is 0.541. The van der Waals surface area contributed by atoms with Gasteiger partial charge < -0.3 is 5.32 Å². The lowest BCUT2D eigenvalue weighted by atomic mass is 9.91. The molecule has 4 aromatic heterocycles. The number of nitrogens with zero attached hydrogens (tertiary/aromatic N) is 8. The number of hydrogen-bond donors (Lipinski definition) is 1. The minimum absolute atomic E-state index is 0.0734. The molecule has 10 nitrogen and oxygen atoms in total. The van der Waals surface area contributed by atoms with E-state index in [2.05, 4.69) is 30.6 Å². The predicted molar refractivity (Wildman–Crippen MR) is 116 cm³/mol. The van der Waals surface area contributed by atoms with E-state index in [9.17, 15) is 4.79 Å². The molecule has 0 atom stereocenters. The number of nitrogens with one attached hydrogen (secondary N) is 1. The maximum absolute atomic E-state index is 12.5. The highest BCUT2D eigenvalue weighted by atomic mass is 16.1. The highest BCUT2D eigenvalue weighted by Gasteiger charge is 2.25. The molecule has 4 heterocycles. The van der Waals surface area contributed by atoms with Crippen molar-refractivity contribution in [1.29, 1.82) is 0 Å². The number of fused-ring (bicyclic) bond motifs is 1. The summed E-state index contributed by atoms with van der Waals surface area (Å²) in [6.07, 6.45) is 5.12. The Labute approximate surface area is 179 Å². The fourth-order valence-corrected chi connectivity index (χ4v) is 4.36. The number of aromatic nitrogens is 8. The van der Waals surface area contributed by atoms with Gasteiger partial charge in [0.2, 0.25) is 0 Å². The van der Waals surface area contributed by atoms with Gasteiger partial charge >= 0.3 is 0 Å². The van der Waals surface area contributed by atoms with Crippen LogP contribution in [-0.4, -0.2) is 45.2 Å². The van der Waals surface area contributed by atoms with E-state index >= 15 is 0 Å². The maximum Gasteiger partial charge on any atom is 0.267 e. The van der Waals surface area contributed by atoms with Gasteiger partial charge in [-0.15, -0.1) is 5.10 Å². The molecule has 0 aromatic carbocycles. The van der Waals surface area contributed by atoms with Crippen LogP contribution in [0, 0.1) is 20.8 Å². The molecule has 10 heteroatoms. The molecule has 31 heavy (non-hydrogen) atoms. The molecule has 0 aliphatic heterocycles. The largest absolute Gasteiger partial charge is 0.367 e. The molecular formula is C21H25N9O. The summed E-state index contributed by atoms with van der Waals surface area (Å²) in [6, 6.07) is 7.68. The van der Waals surface area contributed by atoms with E-state index in [-0.39, 0.29) is 11.6 Å². The summed E-state index contributed by atoms with van der Waals surface area (Å²) in [5.41, 5.74) is 2.75. The average Bonchev–Trinajstić information content (AvgIpc) is 3.35. The molecule has 0 radical (unpaired) electrons. The molecule has 5 rings (SSSR count). The first-order valence-electron chi connectivity index (χ1n) is 10.6. The van der Waals surface area contributed by atoms with E-state index in [4.69, 9.17) is 0 Å². The topological polar surface area (TPSA) is 108 Å². The van der Waals surface area contributed by atoms with Gasteiger partial charge in [-0.3, -0.25) is 4.79 Å². The summed E-state index contributed by atoms with van der Waals surface area (Å²) in [6.45, 7) is 5.89. The van der Waals surface area contributed by atoms with Gasteiger partial charge in [0.05, 0.1) is 11.7 Å². The minimum Gasteiger partial charge on any atom is -0.367 e. The van der Waals surface area contributed by atoms with Crippen LogP contribution < -0.4 is 10.9 Å². The van der Waals surface area contributed by atoms with E-state index in [1.165, 1.54) is 6.33 Å². The fraction of sp³-hybridized carbons (Fsp3) is 0.429. The van der Waals surface area contributed by atoms with E-state index in [1.807, 2.05) is 32.9 Å². The van der Waals surface area contributed by atoms with Crippen LogP contribution >= 0.6 is 0 Å². The lowest BCUT2D eigenvalue weighted by Crippen LogP contribution is -2.34. The first-order chi connectivity index (χ1) is 15.0. The molecule has 0 bridgehead atoms. The molecule has 0 spiro atoms. The standard InChI is InChI=1S/C21H25N9O/c1-13-11-19(30-21(24-13)22-12-23-30)25-16-4-6-17(7-5-16)29-20(31)9-8-18(27-29)28-15(3)10-14(2)26-28/h8-12,16-17,25H,4-7H2,1-3H3. The third-order valence-electron chi connectivity index (χ3n) is 5.81. The zero-order valence-electron chi connectivity index (χ0n) is 17.9. The van der Waals surface area contributed by atoms with Gasteiger partial charge in [-0.05, 0) is 58.6 Å². The Morgan fingerprint density at radius 1 is 1.00 bits per heavy atom. The van der Waals surface area contributed by atoms with Crippen LogP contribution in [0.3, 0.4) is 0 Å². The first-order valence-corrected chi connectivity index (χ1v) is 10.6. The summed E-state index contributed by atoms with van der Waals surface area (Å²) in [5, 5.41) is 17.0. The second kappa shape index (κ2) is 7.60. The summed E-state index contributed by atoms with van der Waals surface area (Å²) in [4.78, 5) is 21.1. The molecule has 160 valence electrons. The van der Waals surface area contributed by atoms with Crippen LogP contribution in [-0.2, 0) is 0 Å². The Hall–Kier alpha value is -3.56. The van der Waals surface area contributed by atoms with Crippen LogP contribution in [0.15, 0.2) is 35.4 Å². The van der Waals surface area contributed by atoms with Gasteiger partial charge in [-0.1, -0.05) is 0 Å². The third kappa shape index (κ3) is 3.69. The SMILES string of the molecule is Cc1cc(NC2CCC(n3nc(-n4nc(C)cc4C)ccc3=O)CC2)n2ncnc2n1. The molecule has 0 amide bonds. The average molecular weight is 419 g/mol. The van der Waals surface area contributed by atoms with Crippen molar-refractivity contribution >= 4 is 11.6 Å². The Morgan fingerprint density at radius 2 is 1.81 bits per heavy atom. The predicted octanol–water partition coefficient (Wildman–Crippen LogP) is 2.39. The van der Waals surface area contributed by atoms with Crippen molar-refractivity contribution in [3.8, 4) is 5.82 Å². The molecule has 1 aliphatic rings. The van der Waals surface area contributed by atoms with Crippen LogP contribution in [0.2, 0.25) is 0 Å². The zero-order valence-corrected chi connectivity index (χ0v) is 17.9. The van der Waals surface area contributed by atoms with Gasteiger partial charge in [-0.2, -0.15) is 19.7 Å². The zero-order chi connectivity index (χ0) is 21.5. The molecule has 0 unspecified atom stereocenters. The molecule has 1 N–H and O–H groups in total. The van der Waals surface area contributed by atoms with Crippen molar-refractivity contribution in [2.24, 2.45) is 0 Å². The number of hydrogen-bond acceptors (Lipinski definition) is 7. The van der Waals surface area contributed by atoms with Crippen molar-refractivity contribution in [3.05, 3.63) is 58.0 Å². The minimum atomic E-state index is -0.0734. The van der Waals surface area contributed by atoms with Crippen LogP contribution in [0.4, 0.5) is 5.82 Å². The number of aryl methyl sites for hydroxylation is 3. The molecule has 0 saturated heterocycles. The van der Waals surface area contributed by atoms with Crippen molar-refractivity contribution in [2.75, 3.05) is 5.32 Å². The lowest BCUT2D eigenvalue weighted by molar-refractivity contribution is 0.302. The maximum atomic E-state index is 12.5. The molecule has 4 aromatic rings. The lowest BCUT2D eigenvalue weighted by Gasteiger charge is -2.30. The van der Waals surface area contributed by atoms with Crippen molar-refractivity contribution < 1.29 is 0 Å².